The minimum absolute atomic E-state index is 0.0648. The summed E-state index contributed by atoms with van der Waals surface area (Å²) in [5, 5.41) is 18.2. The van der Waals surface area contributed by atoms with Crippen LogP contribution >= 0.6 is 11.6 Å². The molecule has 1 atom stereocenters. The van der Waals surface area contributed by atoms with Gasteiger partial charge in [0.2, 0.25) is 0 Å². The van der Waals surface area contributed by atoms with Crippen molar-refractivity contribution >= 4 is 17.5 Å². The molecule has 0 radical (unpaired) electrons. The van der Waals surface area contributed by atoms with Crippen LogP contribution in [0.1, 0.15) is 53.8 Å². The fraction of sp³-hybridized carbons (Fsp3) is 0.304. The summed E-state index contributed by atoms with van der Waals surface area (Å²) < 4.78 is 5.41. The first-order chi connectivity index (χ1) is 14.5. The number of hydrogen-bond acceptors (Lipinski definition) is 4. The second kappa shape index (κ2) is 8.40. The predicted molar refractivity (Wildman–Crippen MR) is 116 cm³/mol. The third-order valence-electron chi connectivity index (χ3n) is 5.49. The summed E-state index contributed by atoms with van der Waals surface area (Å²) in [5.41, 5.74) is 3.17. The number of nitrogens with zero attached hydrogens (tertiary/aromatic N) is 2. The monoisotopic (exact) mass is 425 g/mol. The molecule has 0 saturated carbocycles. The van der Waals surface area contributed by atoms with Crippen LogP contribution in [-0.4, -0.2) is 39.8 Å². The largest absolute Gasteiger partial charge is 0.507 e. The van der Waals surface area contributed by atoms with Crippen molar-refractivity contribution in [2.45, 2.75) is 32.2 Å². The quantitative estimate of drug-likeness (QED) is 0.511. The van der Waals surface area contributed by atoms with Gasteiger partial charge in [-0.25, -0.2) is 0 Å². The average molecular weight is 426 g/mol. The maximum atomic E-state index is 13.3. The van der Waals surface area contributed by atoms with E-state index in [-0.39, 0.29) is 17.7 Å². The lowest BCUT2D eigenvalue weighted by Gasteiger charge is -2.26. The van der Waals surface area contributed by atoms with Crippen LogP contribution in [0.4, 0.5) is 0 Å². The Kier molecular flexibility index (Phi) is 5.68. The molecule has 2 heterocycles. The number of nitrogens with one attached hydrogen (secondary N) is 1. The standard InChI is InChI=1S/C23H24ClN3O3/c1-3-4-5-11-27-22(14-7-6-8-16(12-14)30-2)19-20(25-26-21(19)23(27)29)17-13-15(24)9-10-18(17)28/h6-10,12-13,22,28H,3-5,11H2,1-2H3,(H,25,26). The van der Waals surface area contributed by atoms with Crippen molar-refractivity contribution in [1.82, 2.24) is 15.1 Å². The topological polar surface area (TPSA) is 78.5 Å². The fourth-order valence-electron chi connectivity index (χ4n) is 4.02. The van der Waals surface area contributed by atoms with E-state index in [4.69, 9.17) is 16.3 Å². The number of unbranched alkanes of at least 4 members (excludes halogenated alkanes) is 2. The molecule has 4 rings (SSSR count). The maximum Gasteiger partial charge on any atom is 0.273 e. The van der Waals surface area contributed by atoms with Crippen LogP contribution in [0.15, 0.2) is 42.5 Å². The van der Waals surface area contributed by atoms with Crippen LogP contribution < -0.4 is 4.74 Å². The smallest absolute Gasteiger partial charge is 0.273 e. The number of fused-ring (bicyclic) bond motifs is 1. The Morgan fingerprint density at radius 3 is 2.83 bits per heavy atom. The molecule has 0 fully saturated rings. The highest BCUT2D eigenvalue weighted by Crippen LogP contribution is 2.45. The second-order valence-electron chi connectivity index (χ2n) is 7.41. The highest BCUT2D eigenvalue weighted by Gasteiger charge is 2.42. The van der Waals surface area contributed by atoms with Gasteiger partial charge in [0.25, 0.3) is 5.91 Å². The number of H-pyrrole nitrogens is 1. The summed E-state index contributed by atoms with van der Waals surface area (Å²) in [6.07, 6.45) is 3.03. The summed E-state index contributed by atoms with van der Waals surface area (Å²) in [4.78, 5) is 15.1. The van der Waals surface area contributed by atoms with E-state index in [0.29, 0.717) is 28.5 Å². The van der Waals surface area contributed by atoms with Gasteiger partial charge in [0, 0.05) is 22.7 Å². The van der Waals surface area contributed by atoms with Gasteiger partial charge in [-0.05, 0) is 42.3 Å². The van der Waals surface area contributed by atoms with Crippen molar-refractivity contribution in [1.29, 1.82) is 0 Å². The molecular formula is C23H24ClN3O3. The molecule has 1 unspecified atom stereocenters. The van der Waals surface area contributed by atoms with Crippen LogP contribution in [0, 0.1) is 0 Å². The molecule has 1 amide bonds. The maximum absolute atomic E-state index is 13.3. The Morgan fingerprint density at radius 1 is 1.23 bits per heavy atom. The van der Waals surface area contributed by atoms with E-state index >= 15 is 0 Å². The Hall–Kier alpha value is -2.99. The van der Waals surface area contributed by atoms with Gasteiger partial charge in [-0.2, -0.15) is 5.10 Å². The van der Waals surface area contributed by atoms with Gasteiger partial charge in [0.1, 0.15) is 22.9 Å². The molecule has 0 bridgehead atoms. The van der Waals surface area contributed by atoms with Crippen molar-refractivity contribution in [3.63, 3.8) is 0 Å². The number of carbonyl (C=O) groups is 1. The Morgan fingerprint density at radius 2 is 2.07 bits per heavy atom. The lowest BCUT2D eigenvalue weighted by atomic mass is 9.95. The van der Waals surface area contributed by atoms with Gasteiger partial charge < -0.3 is 14.7 Å². The van der Waals surface area contributed by atoms with E-state index in [0.717, 1.165) is 36.1 Å². The highest BCUT2D eigenvalue weighted by molar-refractivity contribution is 6.31. The Labute approximate surface area is 180 Å². The number of aromatic nitrogens is 2. The lowest BCUT2D eigenvalue weighted by molar-refractivity contribution is 0.0740. The Bertz CT molecular complexity index is 1080. The van der Waals surface area contributed by atoms with Crippen LogP contribution in [0.25, 0.3) is 11.3 Å². The average Bonchev–Trinajstić information content (AvgIpc) is 3.29. The zero-order valence-corrected chi connectivity index (χ0v) is 17.7. The first-order valence-corrected chi connectivity index (χ1v) is 10.4. The van der Waals surface area contributed by atoms with Gasteiger partial charge in [-0.3, -0.25) is 9.89 Å². The molecule has 1 aromatic heterocycles. The van der Waals surface area contributed by atoms with E-state index in [2.05, 4.69) is 17.1 Å². The minimum atomic E-state index is -0.327. The van der Waals surface area contributed by atoms with Gasteiger partial charge in [-0.15, -0.1) is 0 Å². The van der Waals surface area contributed by atoms with E-state index in [1.165, 1.54) is 6.07 Å². The van der Waals surface area contributed by atoms with Gasteiger partial charge >= 0.3 is 0 Å². The number of carbonyl (C=O) groups excluding carboxylic acids is 1. The SMILES string of the molecule is CCCCCN1C(=O)c2[nH]nc(-c3cc(Cl)ccc3O)c2C1c1cccc(OC)c1. The molecule has 1 aliphatic heterocycles. The zero-order chi connectivity index (χ0) is 21.3. The molecule has 156 valence electrons. The number of phenols is 1. The number of halogens is 1. The third kappa shape index (κ3) is 3.52. The lowest BCUT2D eigenvalue weighted by Crippen LogP contribution is -2.30. The van der Waals surface area contributed by atoms with Crippen LogP contribution in [0.2, 0.25) is 5.02 Å². The number of methoxy groups -OCH3 is 1. The number of phenolic OH excluding ortho intramolecular Hbond substituents is 1. The molecule has 2 aromatic carbocycles. The van der Waals surface area contributed by atoms with Gasteiger partial charge in [0.15, 0.2) is 0 Å². The Balaban J connectivity index is 1.86. The first-order valence-electron chi connectivity index (χ1n) is 10.1. The number of ether oxygens (including phenoxy) is 1. The summed E-state index contributed by atoms with van der Waals surface area (Å²) >= 11 is 6.18. The number of benzene rings is 2. The van der Waals surface area contributed by atoms with Gasteiger partial charge in [0.05, 0.1) is 13.2 Å². The number of rotatable bonds is 7. The summed E-state index contributed by atoms with van der Waals surface area (Å²) in [6.45, 7) is 2.77. The van der Waals surface area contributed by atoms with Crippen molar-refractivity contribution in [2.24, 2.45) is 0 Å². The normalized spacial score (nSPS) is 15.5. The molecule has 1 aliphatic rings. The van der Waals surface area contributed by atoms with E-state index in [1.807, 2.05) is 29.2 Å². The van der Waals surface area contributed by atoms with Crippen molar-refractivity contribution in [3.8, 4) is 22.8 Å². The fourth-order valence-corrected chi connectivity index (χ4v) is 4.19. The molecule has 6 nitrogen and oxygen atoms in total. The number of amides is 1. The molecule has 30 heavy (non-hydrogen) atoms. The molecule has 0 saturated heterocycles. The summed E-state index contributed by atoms with van der Waals surface area (Å²) in [6, 6.07) is 12.2. The molecular weight excluding hydrogens is 402 g/mol. The molecule has 0 spiro atoms. The minimum Gasteiger partial charge on any atom is -0.507 e. The molecule has 0 aliphatic carbocycles. The zero-order valence-electron chi connectivity index (χ0n) is 17.0. The van der Waals surface area contributed by atoms with Gasteiger partial charge in [-0.1, -0.05) is 43.5 Å². The van der Waals surface area contributed by atoms with Crippen molar-refractivity contribution in [3.05, 3.63) is 64.3 Å². The summed E-state index contributed by atoms with van der Waals surface area (Å²) in [7, 11) is 1.62. The first kappa shape index (κ1) is 20.3. The van der Waals surface area contributed by atoms with Crippen LogP contribution in [0.5, 0.6) is 11.5 Å². The van der Waals surface area contributed by atoms with Crippen LogP contribution in [0.3, 0.4) is 0 Å². The summed E-state index contributed by atoms with van der Waals surface area (Å²) in [5.74, 6) is 0.696. The third-order valence-corrected chi connectivity index (χ3v) is 5.72. The predicted octanol–water partition coefficient (Wildman–Crippen LogP) is 5.18. The van der Waals surface area contributed by atoms with Crippen molar-refractivity contribution in [2.75, 3.05) is 13.7 Å². The second-order valence-corrected chi connectivity index (χ2v) is 7.84. The van der Waals surface area contributed by atoms with Crippen LogP contribution in [-0.2, 0) is 0 Å². The molecule has 2 N–H and O–H groups in total. The number of aromatic hydroxyl groups is 1. The number of hydrogen-bond donors (Lipinski definition) is 2. The van der Waals surface area contributed by atoms with Crippen molar-refractivity contribution < 1.29 is 14.6 Å². The van der Waals surface area contributed by atoms with E-state index in [1.54, 1.807) is 19.2 Å². The van der Waals surface area contributed by atoms with E-state index in [9.17, 15) is 9.90 Å². The highest BCUT2D eigenvalue weighted by atomic mass is 35.5. The molecule has 3 aromatic rings. The number of aromatic amines is 1. The van der Waals surface area contributed by atoms with E-state index < -0.39 is 0 Å². The molecule has 7 heteroatoms.